The summed E-state index contributed by atoms with van der Waals surface area (Å²) >= 11 is 6.17. The number of rotatable bonds is 5. The topological polar surface area (TPSA) is 68.0 Å². The van der Waals surface area contributed by atoms with Crippen LogP contribution < -0.4 is 4.31 Å². The van der Waals surface area contributed by atoms with Crippen molar-refractivity contribution < 1.29 is 4.21 Å². The van der Waals surface area contributed by atoms with E-state index < -0.39 is 11.0 Å². The maximum absolute atomic E-state index is 12.9. The predicted molar refractivity (Wildman–Crippen MR) is 103 cm³/mol. The number of fused-ring (bicyclic) bond motifs is 1. The number of benzene rings is 2. The highest BCUT2D eigenvalue weighted by molar-refractivity contribution is 7.85. The molecule has 0 saturated heterocycles. The van der Waals surface area contributed by atoms with Crippen molar-refractivity contribution >= 4 is 34.0 Å². The highest BCUT2D eigenvalue weighted by Crippen LogP contribution is 2.35. The molecule has 126 valence electrons. The quantitative estimate of drug-likeness (QED) is 0.809. The Morgan fingerprint density at radius 1 is 1.44 bits per heavy atom. The van der Waals surface area contributed by atoms with Crippen molar-refractivity contribution in [3.05, 3.63) is 76.3 Å². The highest BCUT2D eigenvalue weighted by Gasteiger charge is 2.28. The summed E-state index contributed by atoms with van der Waals surface area (Å²) in [6.07, 6.45) is 2.14. The van der Waals surface area contributed by atoms with Gasteiger partial charge in [0.1, 0.15) is 17.1 Å². The molecule has 1 unspecified atom stereocenters. The monoisotopic (exact) mass is 369 g/mol. The maximum atomic E-state index is 12.9. The molecule has 6 heteroatoms. The average molecular weight is 370 g/mol. The molecule has 0 spiro atoms. The van der Waals surface area contributed by atoms with Gasteiger partial charge in [-0.05, 0) is 41.8 Å². The lowest BCUT2D eigenvalue weighted by Gasteiger charge is -2.20. The minimum Gasteiger partial charge on any atom is -0.300 e. The van der Waals surface area contributed by atoms with Crippen molar-refractivity contribution in [3.63, 3.8) is 0 Å². The summed E-state index contributed by atoms with van der Waals surface area (Å²) < 4.78 is 14.6. The molecule has 1 aliphatic rings. The Bertz CT molecular complexity index is 933. The Labute approximate surface area is 154 Å². The molecule has 1 N–H and O–H groups in total. The summed E-state index contributed by atoms with van der Waals surface area (Å²) in [5, 5.41) is 18.0. The van der Waals surface area contributed by atoms with Crippen LogP contribution in [-0.2, 0) is 23.2 Å². The first kappa shape index (κ1) is 17.4. The fourth-order valence-electron chi connectivity index (χ4n) is 2.90. The van der Waals surface area contributed by atoms with Crippen LogP contribution in [0.25, 0.3) is 0 Å². The third-order valence-corrected chi connectivity index (χ3v) is 5.92. The van der Waals surface area contributed by atoms with Crippen LogP contribution in [0.2, 0.25) is 5.02 Å². The van der Waals surface area contributed by atoms with Crippen molar-refractivity contribution in [1.29, 1.82) is 10.7 Å². The van der Waals surface area contributed by atoms with Crippen LogP contribution in [0.4, 0.5) is 5.69 Å². The standard InChI is InChI=1S/C19H16ClN3OS/c1-2-18(22)15-9-13-7-8-23(19(13)16(10-15)11-21)25(24)12-14-5-3-4-6-17(14)20/h2-6,9-10,22H,1,7-8,12H2. The van der Waals surface area contributed by atoms with E-state index in [0.717, 1.165) is 11.1 Å². The lowest BCUT2D eigenvalue weighted by molar-refractivity contribution is 0.679. The average Bonchev–Trinajstić information content (AvgIpc) is 3.06. The molecule has 0 amide bonds. The summed E-state index contributed by atoms with van der Waals surface area (Å²) in [5.41, 5.74) is 3.82. The Morgan fingerprint density at radius 2 is 2.20 bits per heavy atom. The summed E-state index contributed by atoms with van der Waals surface area (Å²) in [6.45, 7) is 4.18. The van der Waals surface area contributed by atoms with Gasteiger partial charge in [-0.3, -0.25) is 4.31 Å². The van der Waals surface area contributed by atoms with Gasteiger partial charge in [-0.25, -0.2) is 4.21 Å². The normalized spacial score (nSPS) is 13.8. The summed E-state index contributed by atoms with van der Waals surface area (Å²) in [7, 11) is -1.33. The van der Waals surface area contributed by atoms with Crippen molar-refractivity contribution in [1.82, 2.24) is 0 Å². The molecule has 0 aromatic heterocycles. The molecular weight excluding hydrogens is 354 g/mol. The summed E-state index contributed by atoms with van der Waals surface area (Å²) in [4.78, 5) is 0. The van der Waals surface area contributed by atoms with Crippen molar-refractivity contribution in [2.45, 2.75) is 12.2 Å². The first-order valence-electron chi connectivity index (χ1n) is 7.73. The van der Waals surface area contributed by atoms with Gasteiger partial charge in [0.05, 0.1) is 22.7 Å². The summed E-state index contributed by atoms with van der Waals surface area (Å²) in [5.74, 6) is 0.300. The van der Waals surface area contributed by atoms with E-state index >= 15 is 0 Å². The second kappa shape index (κ2) is 7.22. The number of nitrogens with zero attached hydrogens (tertiary/aromatic N) is 2. The molecule has 4 nitrogen and oxygen atoms in total. The molecule has 0 radical (unpaired) electrons. The van der Waals surface area contributed by atoms with Crippen LogP contribution in [0.3, 0.4) is 0 Å². The molecule has 3 rings (SSSR count). The van der Waals surface area contributed by atoms with Gasteiger partial charge in [-0.2, -0.15) is 5.26 Å². The molecule has 25 heavy (non-hydrogen) atoms. The van der Waals surface area contributed by atoms with E-state index in [2.05, 4.69) is 12.6 Å². The van der Waals surface area contributed by atoms with E-state index in [4.69, 9.17) is 17.0 Å². The number of nitrogens with one attached hydrogen (secondary N) is 1. The first-order chi connectivity index (χ1) is 12.0. The Kier molecular flexibility index (Phi) is 5.03. The lowest BCUT2D eigenvalue weighted by Crippen LogP contribution is -2.25. The van der Waals surface area contributed by atoms with Crippen molar-refractivity contribution in [2.75, 3.05) is 10.8 Å². The number of anilines is 1. The molecule has 1 heterocycles. The van der Waals surface area contributed by atoms with Crippen LogP contribution >= 0.6 is 11.6 Å². The molecule has 0 saturated carbocycles. The van der Waals surface area contributed by atoms with E-state index in [1.807, 2.05) is 24.3 Å². The zero-order valence-corrected chi connectivity index (χ0v) is 15.0. The van der Waals surface area contributed by atoms with Crippen LogP contribution in [0.15, 0.2) is 49.1 Å². The fourth-order valence-corrected chi connectivity index (χ4v) is 4.57. The van der Waals surface area contributed by atoms with Gasteiger partial charge >= 0.3 is 0 Å². The Balaban J connectivity index is 1.95. The number of hydrogen-bond acceptors (Lipinski definition) is 3. The summed E-state index contributed by atoms with van der Waals surface area (Å²) in [6, 6.07) is 13.1. The lowest BCUT2D eigenvalue weighted by atomic mass is 10.0. The molecule has 0 aliphatic carbocycles. The van der Waals surface area contributed by atoms with E-state index in [1.165, 1.54) is 6.08 Å². The van der Waals surface area contributed by atoms with Crippen molar-refractivity contribution in [3.8, 4) is 6.07 Å². The third-order valence-electron chi connectivity index (χ3n) is 4.14. The van der Waals surface area contributed by atoms with E-state index in [-0.39, 0.29) is 5.71 Å². The van der Waals surface area contributed by atoms with E-state index in [0.29, 0.717) is 40.6 Å². The number of halogens is 1. The highest BCUT2D eigenvalue weighted by atomic mass is 35.5. The number of hydrogen-bond donors (Lipinski definition) is 1. The minimum absolute atomic E-state index is 0.273. The van der Waals surface area contributed by atoms with Gasteiger partial charge in [0.15, 0.2) is 0 Å². The number of allylic oxidation sites excluding steroid dienone is 1. The Morgan fingerprint density at radius 3 is 2.88 bits per heavy atom. The predicted octanol–water partition coefficient (Wildman–Crippen LogP) is 3.99. The van der Waals surface area contributed by atoms with Crippen LogP contribution in [-0.4, -0.2) is 16.5 Å². The van der Waals surface area contributed by atoms with Gasteiger partial charge in [-0.15, -0.1) is 0 Å². The minimum atomic E-state index is -1.33. The molecule has 0 fully saturated rings. The largest absolute Gasteiger partial charge is 0.300 e. The van der Waals surface area contributed by atoms with Crippen LogP contribution in [0, 0.1) is 16.7 Å². The smallest absolute Gasteiger partial charge is 0.124 e. The second-order valence-electron chi connectivity index (χ2n) is 5.67. The van der Waals surface area contributed by atoms with Gasteiger partial charge in [0.2, 0.25) is 0 Å². The van der Waals surface area contributed by atoms with E-state index in [9.17, 15) is 9.47 Å². The van der Waals surface area contributed by atoms with E-state index in [1.54, 1.807) is 16.4 Å². The molecule has 1 atom stereocenters. The molecule has 2 aromatic carbocycles. The van der Waals surface area contributed by atoms with Crippen LogP contribution in [0.1, 0.15) is 22.3 Å². The number of nitriles is 1. The second-order valence-corrected chi connectivity index (χ2v) is 7.45. The van der Waals surface area contributed by atoms with Gasteiger partial charge in [0.25, 0.3) is 0 Å². The van der Waals surface area contributed by atoms with Gasteiger partial charge in [0, 0.05) is 17.1 Å². The SMILES string of the molecule is C=CC(=N)c1cc(C#N)c2c(c1)CCN2S(=O)Cc1ccccc1Cl. The third kappa shape index (κ3) is 3.37. The maximum Gasteiger partial charge on any atom is 0.124 e. The first-order valence-corrected chi connectivity index (χ1v) is 9.38. The molecule has 1 aliphatic heterocycles. The van der Waals surface area contributed by atoms with Gasteiger partial charge in [-0.1, -0.05) is 36.4 Å². The zero-order chi connectivity index (χ0) is 18.0. The van der Waals surface area contributed by atoms with Gasteiger partial charge < -0.3 is 5.41 Å². The fraction of sp³-hybridized carbons (Fsp3) is 0.158. The zero-order valence-electron chi connectivity index (χ0n) is 13.5. The molecule has 2 aromatic rings. The Hall–Kier alpha value is -2.42. The molecular formula is C19H16ClN3OS. The molecule has 0 bridgehead atoms. The van der Waals surface area contributed by atoms with Crippen molar-refractivity contribution in [2.24, 2.45) is 0 Å². The van der Waals surface area contributed by atoms with Crippen LogP contribution in [0.5, 0.6) is 0 Å².